The molecular formula is C18H12F5NO5S. The fraction of sp³-hybridized carbons (Fsp3) is 0.167. The van der Waals surface area contributed by atoms with Crippen LogP contribution in [0, 0.1) is 11.6 Å². The Kier molecular flexibility index (Phi) is 5.56. The van der Waals surface area contributed by atoms with Crippen molar-refractivity contribution < 1.29 is 44.7 Å². The number of hydrogen-bond donors (Lipinski definition) is 1. The normalized spacial score (nSPS) is 12.2. The lowest BCUT2D eigenvalue weighted by Crippen LogP contribution is -2.16. The lowest BCUT2D eigenvalue weighted by molar-refractivity contribution is -0.274. The molecule has 0 aliphatic carbocycles. The first-order chi connectivity index (χ1) is 13.9. The van der Waals surface area contributed by atoms with Gasteiger partial charge in [-0.3, -0.25) is 0 Å². The molecule has 0 amide bonds. The van der Waals surface area contributed by atoms with Crippen LogP contribution in [0.15, 0.2) is 45.8 Å². The number of hydrogen-bond acceptors (Lipinski definition) is 6. The van der Waals surface area contributed by atoms with Gasteiger partial charge in [0.25, 0.3) is 0 Å². The van der Waals surface area contributed by atoms with Gasteiger partial charge >= 0.3 is 6.36 Å². The third-order valence-corrected chi connectivity index (χ3v) is 5.06. The topological polar surface area (TPSA) is 89.6 Å². The fourth-order valence-corrected chi connectivity index (χ4v) is 3.63. The largest absolute Gasteiger partial charge is 0.573 e. The molecule has 1 aromatic heterocycles. The summed E-state index contributed by atoms with van der Waals surface area (Å²) in [6, 6.07) is 5.84. The van der Waals surface area contributed by atoms with E-state index in [0.717, 1.165) is 24.3 Å². The van der Waals surface area contributed by atoms with Crippen molar-refractivity contribution in [3.8, 4) is 28.1 Å². The Bertz CT molecular complexity index is 1160. The summed E-state index contributed by atoms with van der Waals surface area (Å²) >= 11 is 0. The van der Waals surface area contributed by atoms with Crippen LogP contribution in [0.5, 0.6) is 5.75 Å². The molecule has 0 bridgehead atoms. The maximum atomic E-state index is 14.3. The summed E-state index contributed by atoms with van der Waals surface area (Å²) < 4.78 is 97.4. The van der Waals surface area contributed by atoms with Crippen molar-refractivity contribution in [1.29, 1.82) is 0 Å². The van der Waals surface area contributed by atoms with E-state index < -0.39 is 45.1 Å². The monoisotopic (exact) mass is 449 g/mol. The summed E-state index contributed by atoms with van der Waals surface area (Å²) in [5.74, 6) is -3.42. The standard InChI is InChI=1S/C18H12F5NO5S/c1-30(26,27)17-12(19)6-10(7-13(17)20)15-14(8-25)29-24-16(15)9-2-4-11(5-3-9)28-18(21,22)23/h2-7,25H,8H2,1H3. The van der Waals surface area contributed by atoms with Gasteiger partial charge in [-0.15, -0.1) is 13.2 Å². The number of aliphatic hydroxyl groups excluding tert-OH is 1. The molecule has 0 radical (unpaired) electrons. The van der Waals surface area contributed by atoms with E-state index in [4.69, 9.17) is 4.52 Å². The Balaban J connectivity index is 2.11. The zero-order valence-corrected chi connectivity index (χ0v) is 15.8. The minimum atomic E-state index is -4.89. The Morgan fingerprint density at radius 3 is 2.10 bits per heavy atom. The van der Waals surface area contributed by atoms with Gasteiger partial charge in [0.2, 0.25) is 0 Å². The number of benzene rings is 2. The summed E-state index contributed by atoms with van der Waals surface area (Å²) in [7, 11) is -4.19. The molecular weight excluding hydrogens is 437 g/mol. The summed E-state index contributed by atoms with van der Waals surface area (Å²) in [6.07, 6.45) is -4.25. The molecule has 12 heteroatoms. The lowest BCUT2D eigenvalue weighted by atomic mass is 9.99. The summed E-state index contributed by atoms with van der Waals surface area (Å²) in [4.78, 5) is -1.12. The van der Waals surface area contributed by atoms with Crippen LogP contribution in [0.25, 0.3) is 22.4 Å². The van der Waals surface area contributed by atoms with E-state index in [-0.39, 0.29) is 28.1 Å². The van der Waals surface area contributed by atoms with Gasteiger partial charge < -0.3 is 14.4 Å². The number of halogens is 5. The van der Waals surface area contributed by atoms with Crippen LogP contribution in [0.3, 0.4) is 0 Å². The predicted molar refractivity (Wildman–Crippen MR) is 93.0 cm³/mol. The van der Waals surface area contributed by atoms with Crippen molar-refractivity contribution in [2.75, 3.05) is 6.26 Å². The molecule has 0 saturated carbocycles. The Labute approximate surface area is 166 Å². The molecule has 0 atom stereocenters. The summed E-state index contributed by atoms with van der Waals surface area (Å²) in [5, 5.41) is 13.2. The maximum absolute atomic E-state index is 14.3. The van der Waals surface area contributed by atoms with Crippen LogP contribution >= 0.6 is 0 Å². The van der Waals surface area contributed by atoms with E-state index in [0.29, 0.717) is 6.26 Å². The summed E-state index contributed by atoms with van der Waals surface area (Å²) in [5.41, 5.74) is -0.0901. The number of alkyl halides is 3. The van der Waals surface area contributed by atoms with Gasteiger partial charge in [0, 0.05) is 11.8 Å². The van der Waals surface area contributed by atoms with Crippen LogP contribution in [-0.2, 0) is 16.4 Å². The molecule has 160 valence electrons. The highest BCUT2D eigenvalue weighted by Gasteiger charge is 2.31. The van der Waals surface area contributed by atoms with Gasteiger partial charge in [0.15, 0.2) is 15.6 Å². The molecule has 2 aromatic carbocycles. The van der Waals surface area contributed by atoms with Crippen molar-refractivity contribution >= 4 is 9.84 Å². The second-order valence-electron chi connectivity index (χ2n) is 6.10. The number of sulfone groups is 1. The number of ether oxygens (including phenoxy) is 1. The van der Waals surface area contributed by atoms with Crippen molar-refractivity contribution in [1.82, 2.24) is 5.16 Å². The van der Waals surface area contributed by atoms with Gasteiger partial charge in [-0.25, -0.2) is 17.2 Å². The second-order valence-corrected chi connectivity index (χ2v) is 8.05. The van der Waals surface area contributed by atoms with Crippen molar-refractivity contribution in [3.63, 3.8) is 0 Å². The third-order valence-electron chi connectivity index (χ3n) is 3.93. The van der Waals surface area contributed by atoms with Crippen LogP contribution in [0.2, 0.25) is 0 Å². The van der Waals surface area contributed by atoms with Crippen molar-refractivity contribution in [2.45, 2.75) is 17.9 Å². The summed E-state index contributed by atoms with van der Waals surface area (Å²) in [6.45, 7) is -0.714. The highest BCUT2D eigenvalue weighted by molar-refractivity contribution is 7.90. The molecule has 6 nitrogen and oxygen atoms in total. The lowest BCUT2D eigenvalue weighted by Gasteiger charge is -2.10. The average molecular weight is 449 g/mol. The quantitative estimate of drug-likeness (QED) is 0.591. The highest BCUT2D eigenvalue weighted by Crippen LogP contribution is 2.37. The molecule has 0 aliphatic heterocycles. The molecule has 3 aromatic rings. The Hall–Kier alpha value is -2.99. The molecule has 0 fully saturated rings. The molecule has 1 N–H and O–H groups in total. The smallest absolute Gasteiger partial charge is 0.406 e. The molecule has 0 saturated heterocycles. The van der Waals surface area contributed by atoms with E-state index in [2.05, 4.69) is 9.89 Å². The van der Waals surface area contributed by atoms with E-state index in [1.54, 1.807) is 0 Å². The minimum Gasteiger partial charge on any atom is -0.406 e. The zero-order chi connectivity index (χ0) is 22.3. The van der Waals surface area contributed by atoms with Crippen molar-refractivity contribution in [2.24, 2.45) is 0 Å². The average Bonchev–Trinajstić information content (AvgIpc) is 3.03. The zero-order valence-electron chi connectivity index (χ0n) is 15.0. The van der Waals surface area contributed by atoms with E-state index in [1.165, 1.54) is 12.1 Å². The number of aromatic nitrogens is 1. The van der Waals surface area contributed by atoms with Crippen LogP contribution < -0.4 is 4.74 Å². The van der Waals surface area contributed by atoms with Crippen LogP contribution in [-0.4, -0.2) is 31.3 Å². The number of nitrogens with zero attached hydrogens (tertiary/aromatic N) is 1. The maximum Gasteiger partial charge on any atom is 0.573 e. The first-order valence-electron chi connectivity index (χ1n) is 8.06. The molecule has 0 aliphatic rings. The van der Waals surface area contributed by atoms with E-state index >= 15 is 0 Å². The first kappa shape index (κ1) is 21.7. The van der Waals surface area contributed by atoms with Gasteiger partial charge in [-0.2, -0.15) is 0 Å². The van der Waals surface area contributed by atoms with Gasteiger partial charge in [0.1, 0.15) is 34.6 Å². The van der Waals surface area contributed by atoms with Crippen LogP contribution in [0.4, 0.5) is 22.0 Å². The van der Waals surface area contributed by atoms with E-state index in [1.807, 2.05) is 0 Å². The molecule has 30 heavy (non-hydrogen) atoms. The predicted octanol–water partition coefficient (Wildman–Crippen LogP) is 4.08. The van der Waals surface area contributed by atoms with Gasteiger partial charge in [-0.1, -0.05) is 5.16 Å². The second kappa shape index (κ2) is 7.69. The molecule has 0 spiro atoms. The van der Waals surface area contributed by atoms with Gasteiger partial charge in [-0.05, 0) is 42.0 Å². The third kappa shape index (κ3) is 4.44. The number of rotatable bonds is 5. The first-order valence-corrected chi connectivity index (χ1v) is 9.95. The molecule has 0 unspecified atom stereocenters. The Morgan fingerprint density at radius 1 is 1.07 bits per heavy atom. The van der Waals surface area contributed by atoms with Crippen LogP contribution in [0.1, 0.15) is 5.76 Å². The van der Waals surface area contributed by atoms with E-state index in [9.17, 15) is 35.5 Å². The Morgan fingerprint density at radius 2 is 1.63 bits per heavy atom. The molecule has 3 rings (SSSR count). The minimum absolute atomic E-state index is 0.0384. The van der Waals surface area contributed by atoms with Crippen molar-refractivity contribution in [3.05, 3.63) is 53.8 Å². The van der Waals surface area contributed by atoms with Gasteiger partial charge in [0.05, 0.1) is 5.56 Å². The fourth-order valence-electron chi connectivity index (χ4n) is 2.80. The molecule has 1 heterocycles. The number of aliphatic hydroxyl groups is 1. The highest BCUT2D eigenvalue weighted by atomic mass is 32.2. The SMILES string of the molecule is CS(=O)(=O)c1c(F)cc(-c2c(-c3ccc(OC(F)(F)F)cc3)noc2CO)cc1F.